The largest absolute Gasteiger partial charge is 0.406 e. The average molecular weight is 285 g/mol. The smallest absolute Gasteiger partial charge is 0.268 e. The Morgan fingerprint density at radius 2 is 1.63 bits per heavy atom. The molecule has 0 spiro atoms. The highest BCUT2D eigenvalue weighted by molar-refractivity contribution is 6.70. The van der Waals surface area contributed by atoms with Gasteiger partial charge in [-0.25, -0.2) is 0 Å². The van der Waals surface area contributed by atoms with Gasteiger partial charge in [0.1, 0.15) is 0 Å². The van der Waals surface area contributed by atoms with Crippen molar-refractivity contribution in [2.45, 2.75) is 76.7 Å². The van der Waals surface area contributed by atoms with Crippen molar-refractivity contribution in [1.29, 1.82) is 0 Å². The molecule has 0 aromatic heterocycles. The summed E-state index contributed by atoms with van der Waals surface area (Å²) in [6.45, 7) is 13.2. The van der Waals surface area contributed by atoms with Crippen molar-refractivity contribution >= 4 is 8.48 Å². The summed E-state index contributed by atoms with van der Waals surface area (Å²) in [5.41, 5.74) is 0.552. The molecule has 2 aliphatic heterocycles. The first-order valence-corrected chi connectivity index (χ1v) is 10.2. The summed E-state index contributed by atoms with van der Waals surface area (Å²) in [5.74, 6) is 0. The van der Waals surface area contributed by atoms with Gasteiger partial charge in [0.2, 0.25) is 0 Å². The van der Waals surface area contributed by atoms with E-state index in [0.717, 1.165) is 0 Å². The lowest BCUT2D eigenvalue weighted by atomic mass is 9.77. The van der Waals surface area contributed by atoms with Crippen molar-refractivity contribution in [2.75, 3.05) is 20.7 Å². The van der Waals surface area contributed by atoms with Crippen LogP contribution in [-0.2, 0) is 4.43 Å². The normalized spacial score (nSPS) is 36.8. The Morgan fingerprint density at radius 3 is 2.11 bits per heavy atom. The Labute approximate surface area is 120 Å². The molecular formula is C15H32N2OSi. The van der Waals surface area contributed by atoms with E-state index in [0.29, 0.717) is 6.04 Å². The van der Waals surface area contributed by atoms with Gasteiger partial charge in [0.15, 0.2) is 0 Å². The lowest BCUT2D eigenvalue weighted by Gasteiger charge is -2.56. The van der Waals surface area contributed by atoms with Crippen molar-refractivity contribution in [3.05, 3.63) is 0 Å². The van der Waals surface area contributed by atoms with E-state index in [1.54, 1.807) is 0 Å². The van der Waals surface area contributed by atoms with Crippen molar-refractivity contribution in [2.24, 2.45) is 0 Å². The number of nitrogens with zero attached hydrogens (tertiary/aromatic N) is 2. The Kier molecular flexibility index (Phi) is 3.94. The maximum atomic E-state index is 5.98. The van der Waals surface area contributed by atoms with Crippen LogP contribution in [0.5, 0.6) is 0 Å². The second-order valence-electron chi connectivity index (χ2n) is 7.92. The fraction of sp³-hybridized carbons (Fsp3) is 1.00. The van der Waals surface area contributed by atoms with Crippen LogP contribution in [0.1, 0.15) is 47.0 Å². The molecule has 0 aromatic carbocycles. The van der Waals surface area contributed by atoms with Gasteiger partial charge >= 0.3 is 0 Å². The summed E-state index contributed by atoms with van der Waals surface area (Å²) in [7, 11) is 2.60. The molecule has 3 nitrogen and oxygen atoms in total. The summed E-state index contributed by atoms with van der Waals surface area (Å²) in [6, 6.07) is 2.00. The topological polar surface area (TPSA) is 15.7 Å². The summed E-state index contributed by atoms with van der Waals surface area (Å²) in [4.78, 5) is 2.57. The van der Waals surface area contributed by atoms with Crippen LogP contribution in [0.3, 0.4) is 0 Å². The van der Waals surface area contributed by atoms with Crippen LogP contribution in [0, 0.1) is 0 Å². The molecule has 112 valence electrons. The molecular weight excluding hydrogens is 252 g/mol. The summed E-state index contributed by atoms with van der Waals surface area (Å²) in [5, 5.41) is 0. The molecule has 2 rings (SSSR count). The molecule has 0 N–H and O–H groups in total. The first-order valence-electron chi connectivity index (χ1n) is 7.68. The molecule has 0 bridgehead atoms. The van der Waals surface area contributed by atoms with Crippen molar-refractivity contribution in [3.63, 3.8) is 0 Å². The van der Waals surface area contributed by atoms with Crippen molar-refractivity contribution < 1.29 is 4.43 Å². The van der Waals surface area contributed by atoms with Crippen molar-refractivity contribution in [3.8, 4) is 0 Å². The van der Waals surface area contributed by atoms with E-state index in [1.807, 2.05) is 7.11 Å². The van der Waals surface area contributed by atoms with Crippen LogP contribution in [0.4, 0.5) is 0 Å². The van der Waals surface area contributed by atoms with E-state index in [4.69, 9.17) is 4.43 Å². The van der Waals surface area contributed by atoms with Crippen LogP contribution in [-0.4, -0.2) is 55.8 Å². The summed E-state index contributed by atoms with van der Waals surface area (Å²) in [6.07, 6.45) is 3.85. The minimum atomic E-state index is -1.61. The first kappa shape index (κ1) is 15.5. The van der Waals surface area contributed by atoms with Crippen LogP contribution in [0.2, 0.25) is 12.6 Å². The third-order valence-corrected chi connectivity index (χ3v) is 9.78. The predicted molar refractivity (Wildman–Crippen MR) is 83.7 cm³/mol. The zero-order valence-electron chi connectivity index (χ0n) is 13.9. The second kappa shape index (κ2) is 4.83. The number of hydrogen-bond acceptors (Lipinski definition) is 3. The minimum Gasteiger partial charge on any atom is -0.406 e. The Balaban J connectivity index is 2.22. The molecule has 0 amide bonds. The Bertz CT molecular complexity index is 327. The quantitative estimate of drug-likeness (QED) is 0.725. The van der Waals surface area contributed by atoms with Crippen LogP contribution in [0.15, 0.2) is 0 Å². The lowest BCUT2D eigenvalue weighted by Crippen LogP contribution is -2.65. The summed E-state index contributed by atoms with van der Waals surface area (Å²) < 4.78 is 8.75. The van der Waals surface area contributed by atoms with Gasteiger partial charge in [0.25, 0.3) is 8.48 Å². The Hall–Kier alpha value is 0.0969. The molecule has 2 heterocycles. The zero-order chi connectivity index (χ0) is 14.5. The minimum absolute atomic E-state index is 0.276. The van der Waals surface area contributed by atoms with Gasteiger partial charge in [0.05, 0.1) is 0 Å². The van der Waals surface area contributed by atoms with E-state index in [1.165, 1.54) is 31.9 Å². The number of piperidine rings is 1. The number of hydrogen-bond donors (Lipinski definition) is 0. The maximum Gasteiger partial charge on any atom is 0.268 e. The number of likely N-dealkylation sites (tertiary alicyclic amines) is 1. The van der Waals surface area contributed by atoms with E-state index in [2.05, 4.69) is 50.8 Å². The average Bonchev–Trinajstić information content (AvgIpc) is 2.68. The van der Waals surface area contributed by atoms with E-state index >= 15 is 0 Å². The van der Waals surface area contributed by atoms with E-state index in [-0.39, 0.29) is 11.1 Å². The van der Waals surface area contributed by atoms with Crippen LogP contribution >= 0.6 is 0 Å². The molecule has 0 aliphatic carbocycles. The van der Waals surface area contributed by atoms with Gasteiger partial charge < -0.3 is 4.43 Å². The molecule has 0 saturated carbocycles. The lowest BCUT2D eigenvalue weighted by molar-refractivity contribution is -0.0349. The molecule has 2 aliphatic rings. The number of rotatable bonds is 2. The SMILES string of the molecule is CO[Si]1(C)CCCN1C1CC(C)(C)N(C)C(C)(C)C1. The fourth-order valence-corrected chi connectivity index (χ4v) is 7.41. The van der Waals surface area contributed by atoms with Gasteiger partial charge in [0, 0.05) is 24.2 Å². The molecule has 2 fully saturated rings. The fourth-order valence-electron chi connectivity index (χ4n) is 4.28. The molecule has 1 unspecified atom stereocenters. The Morgan fingerprint density at radius 1 is 1.11 bits per heavy atom. The molecule has 4 heteroatoms. The molecule has 19 heavy (non-hydrogen) atoms. The standard InChI is InChI=1S/C15H32N2OSi/c1-14(2)11-13(12-15(3,4)16(14)5)17-9-8-10-19(17,7)18-6/h13H,8-12H2,1-7H3. The van der Waals surface area contributed by atoms with E-state index < -0.39 is 8.48 Å². The van der Waals surface area contributed by atoms with Gasteiger partial charge in [-0.1, -0.05) is 0 Å². The van der Waals surface area contributed by atoms with Gasteiger partial charge in [-0.3, -0.25) is 9.47 Å². The molecule has 0 aromatic rings. The van der Waals surface area contributed by atoms with Gasteiger partial charge in [-0.05, 0) is 73.1 Å². The third-order valence-electron chi connectivity index (χ3n) is 5.81. The second-order valence-corrected chi connectivity index (χ2v) is 11.8. The van der Waals surface area contributed by atoms with Gasteiger partial charge in [-0.2, -0.15) is 0 Å². The first-order chi connectivity index (χ1) is 8.62. The zero-order valence-corrected chi connectivity index (χ0v) is 14.9. The monoisotopic (exact) mass is 284 g/mol. The highest BCUT2D eigenvalue weighted by Gasteiger charge is 2.50. The third kappa shape index (κ3) is 2.65. The maximum absolute atomic E-state index is 5.98. The summed E-state index contributed by atoms with van der Waals surface area (Å²) >= 11 is 0. The molecule has 2 saturated heterocycles. The van der Waals surface area contributed by atoms with Crippen LogP contribution < -0.4 is 0 Å². The van der Waals surface area contributed by atoms with E-state index in [9.17, 15) is 0 Å². The molecule has 0 radical (unpaired) electrons. The van der Waals surface area contributed by atoms with Crippen LogP contribution in [0.25, 0.3) is 0 Å². The van der Waals surface area contributed by atoms with Gasteiger partial charge in [-0.15, -0.1) is 0 Å². The molecule has 1 atom stereocenters. The highest BCUT2D eigenvalue weighted by atomic mass is 28.4. The highest BCUT2D eigenvalue weighted by Crippen LogP contribution is 2.42. The predicted octanol–water partition coefficient (Wildman–Crippen LogP) is 3.06. The van der Waals surface area contributed by atoms with Crippen molar-refractivity contribution in [1.82, 2.24) is 9.47 Å².